The van der Waals surface area contributed by atoms with Crippen LogP contribution in [0.25, 0.3) is 10.4 Å². The molecule has 0 amide bonds. The van der Waals surface area contributed by atoms with Crippen molar-refractivity contribution < 1.29 is 4.74 Å². The number of fused-ring (bicyclic) bond motifs is 1. The van der Waals surface area contributed by atoms with Crippen LogP contribution >= 0.6 is 11.3 Å². The average Bonchev–Trinajstić information content (AvgIpc) is 3.48. The third kappa shape index (κ3) is 3.50. The Morgan fingerprint density at radius 1 is 1.21 bits per heavy atom. The molecule has 0 spiro atoms. The van der Waals surface area contributed by atoms with Crippen molar-refractivity contribution in [3.63, 3.8) is 0 Å². The summed E-state index contributed by atoms with van der Waals surface area (Å²) in [4.78, 5) is 25.2. The SMILES string of the molecule is COc1ccc(-c2ccc(CN3CCc4nc(C5CC5)[nH]c(=O)c4C3)s2)cc1. The third-order valence-corrected chi connectivity index (χ3v) is 6.66. The number of hydrogen-bond acceptors (Lipinski definition) is 5. The fourth-order valence-electron chi connectivity index (χ4n) is 3.78. The van der Waals surface area contributed by atoms with Crippen molar-refractivity contribution in [2.24, 2.45) is 0 Å². The van der Waals surface area contributed by atoms with Crippen molar-refractivity contribution in [1.82, 2.24) is 14.9 Å². The molecule has 0 saturated heterocycles. The molecule has 5 rings (SSSR count). The van der Waals surface area contributed by atoms with Crippen molar-refractivity contribution >= 4 is 11.3 Å². The fourth-order valence-corrected chi connectivity index (χ4v) is 4.83. The highest BCUT2D eigenvalue weighted by Gasteiger charge is 2.29. The average molecular weight is 394 g/mol. The Balaban J connectivity index is 1.30. The minimum Gasteiger partial charge on any atom is -0.497 e. The van der Waals surface area contributed by atoms with Crippen molar-refractivity contribution in [2.75, 3.05) is 13.7 Å². The number of methoxy groups -OCH3 is 1. The summed E-state index contributed by atoms with van der Waals surface area (Å²) < 4.78 is 5.24. The van der Waals surface area contributed by atoms with Gasteiger partial charge in [-0.05, 0) is 54.8 Å². The first kappa shape index (κ1) is 17.6. The van der Waals surface area contributed by atoms with Crippen LogP contribution in [0.3, 0.4) is 0 Å². The van der Waals surface area contributed by atoms with Crippen LogP contribution in [0, 0.1) is 0 Å². The van der Waals surface area contributed by atoms with Crippen LogP contribution in [0.4, 0.5) is 0 Å². The molecule has 2 aromatic heterocycles. The van der Waals surface area contributed by atoms with Crippen LogP contribution in [0.1, 0.15) is 40.7 Å². The largest absolute Gasteiger partial charge is 0.497 e. The van der Waals surface area contributed by atoms with E-state index in [2.05, 4.69) is 34.1 Å². The highest BCUT2D eigenvalue weighted by Crippen LogP contribution is 2.38. The van der Waals surface area contributed by atoms with Crippen molar-refractivity contribution in [2.45, 2.75) is 38.3 Å². The third-order valence-electron chi connectivity index (χ3n) is 5.55. The highest BCUT2D eigenvalue weighted by atomic mass is 32.1. The van der Waals surface area contributed by atoms with E-state index in [4.69, 9.17) is 9.72 Å². The van der Waals surface area contributed by atoms with Gasteiger partial charge in [0.15, 0.2) is 0 Å². The van der Waals surface area contributed by atoms with E-state index in [1.54, 1.807) is 7.11 Å². The van der Waals surface area contributed by atoms with Gasteiger partial charge in [-0.15, -0.1) is 11.3 Å². The molecule has 0 radical (unpaired) electrons. The Bertz CT molecular complexity index is 1050. The number of rotatable bonds is 5. The molecule has 1 aromatic carbocycles. The quantitative estimate of drug-likeness (QED) is 0.713. The van der Waals surface area contributed by atoms with Crippen LogP contribution in [0.5, 0.6) is 5.75 Å². The summed E-state index contributed by atoms with van der Waals surface area (Å²) in [6, 6.07) is 12.5. The lowest BCUT2D eigenvalue weighted by Gasteiger charge is -2.27. The van der Waals surface area contributed by atoms with E-state index >= 15 is 0 Å². The summed E-state index contributed by atoms with van der Waals surface area (Å²) in [5.41, 5.74) is 3.12. The summed E-state index contributed by atoms with van der Waals surface area (Å²) in [7, 11) is 1.68. The molecule has 1 N–H and O–H groups in total. The van der Waals surface area contributed by atoms with Gasteiger partial charge in [0.25, 0.3) is 5.56 Å². The maximum Gasteiger partial charge on any atom is 0.255 e. The maximum atomic E-state index is 12.5. The predicted octanol–water partition coefficient (Wildman–Crippen LogP) is 3.94. The molecule has 5 nitrogen and oxygen atoms in total. The lowest BCUT2D eigenvalue weighted by molar-refractivity contribution is 0.243. The number of benzene rings is 1. The molecule has 3 aromatic rings. The van der Waals surface area contributed by atoms with Crippen LogP contribution in [0.2, 0.25) is 0 Å². The lowest BCUT2D eigenvalue weighted by atomic mass is 10.1. The zero-order valence-electron chi connectivity index (χ0n) is 15.9. The second-order valence-corrected chi connectivity index (χ2v) is 8.77. The molecule has 1 aliphatic heterocycles. The molecule has 6 heteroatoms. The van der Waals surface area contributed by atoms with Gasteiger partial charge in [0.2, 0.25) is 0 Å². The molecule has 144 valence electrons. The Morgan fingerprint density at radius 3 is 2.79 bits per heavy atom. The Hall–Kier alpha value is -2.44. The zero-order valence-corrected chi connectivity index (χ0v) is 16.7. The summed E-state index contributed by atoms with van der Waals surface area (Å²) >= 11 is 1.81. The van der Waals surface area contributed by atoms with E-state index in [1.807, 2.05) is 23.5 Å². The predicted molar refractivity (Wildman–Crippen MR) is 111 cm³/mol. The second kappa shape index (κ2) is 7.18. The molecule has 2 aliphatic rings. The minimum absolute atomic E-state index is 0.0571. The van der Waals surface area contributed by atoms with Crippen LogP contribution < -0.4 is 10.3 Å². The summed E-state index contributed by atoms with van der Waals surface area (Å²) in [5, 5.41) is 0. The van der Waals surface area contributed by atoms with Gasteiger partial charge >= 0.3 is 0 Å². The number of thiophene rings is 1. The number of ether oxygens (including phenoxy) is 1. The normalized spacial score (nSPS) is 16.8. The van der Waals surface area contributed by atoms with Crippen molar-refractivity contribution in [3.8, 4) is 16.2 Å². The number of H-pyrrole nitrogens is 1. The van der Waals surface area contributed by atoms with Crippen LogP contribution in [-0.2, 0) is 19.5 Å². The summed E-state index contributed by atoms with van der Waals surface area (Å²) in [6.45, 7) is 2.49. The van der Waals surface area contributed by atoms with Crippen LogP contribution in [0.15, 0.2) is 41.2 Å². The van der Waals surface area contributed by atoms with E-state index in [1.165, 1.54) is 15.3 Å². The fraction of sp³-hybridized carbons (Fsp3) is 0.364. The number of hydrogen-bond donors (Lipinski definition) is 1. The van der Waals surface area contributed by atoms with E-state index in [0.29, 0.717) is 12.5 Å². The number of nitrogens with one attached hydrogen (secondary N) is 1. The molecule has 0 atom stereocenters. The lowest BCUT2D eigenvalue weighted by Crippen LogP contribution is -2.35. The molecule has 28 heavy (non-hydrogen) atoms. The zero-order chi connectivity index (χ0) is 19.1. The first-order valence-corrected chi connectivity index (χ1v) is 10.6. The van der Waals surface area contributed by atoms with E-state index in [9.17, 15) is 4.79 Å². The second-order valence-electron chi connectivity index (χ2n) is 7.61. The van der Waals surface area contributed by atoms with Gasteiger partial charge in [-0.2, -0.15) is 0 Å². The first-order chi connectivity index (χ1) is 13.7. The summed E-state index contributed by atoms with van der Waals surface area (Å²) in [6.07, 6.45) is 3.17. The molecular formula is C22H23N3O2S. The van der Waals surface area contributed by atoms with Crippen molar-refractivity contribution in [1.29, 1.82) is 0 Å². The monoisotopic (exact) mass is 393 g/mol. The smallest absolute Gasteiger partial charge is 0.255 e. The molecule has 1 saturated carbocycles. The topological polar surface area (TPSA) is 58.2 Å². The number of nitrogens with zero attached hydrogens (tertiary/aromatic N) is 2. The van der Waals surface area contributed by atoms with Gasteiger partial charge in [-0.1, -0.05) is 0 Å². The molecule has 3 heterocycles. The standard InChI is InChI=1S/C22H23N3O2S/c1-27-16-6-4-14(5-7-16)20-9-8-17(28-20)12-25-11-10-19-18(13-25)22(26)24-21(23-19)15-2-3-15/h4-9,15H,2-3,10-13H2,1H3,(H,23,24,26). The van der Waals surface area contributed by atoms with Gasteiger partial charge in [0.1, 0.15) is 11.6 Å². The van der Waals surface area contributed by atoms with Gasteiger partial charge in [0, 0.05) is 41.7 Å². The summed E-state index contributed by atoms with van der Waals surface area (Å²) in [5.74, 6) is 2.26. The minimum atomic E-state index is 0.0571. The molecule has 1 aliphatic carbocycles. The molecule has 1 fully saturated rings. The molecule has 0 unspecified atom stereocenters. The van der Waals surface area contributed by atoms with Gasteiger partial charge in [-0.25, -0.2) is 4.98 Å². The number of aromatic amines is 1. The maximum absolute atomic E-state index is 12.5. The van der Waals surface area contributed by atoms with Gasteiger partial charge < -0.3 is 9.72 Å². The highest BCUT2D eigenvalue weighted by molar-refractivity contribution is 7.15. The van der Waals surface area contributed by atoms with Gasteiger partial charge in [0.05, 0.1) is 18.4 Å². The first-order valence-electron chi connectivity index (χ1n) is 9.77. The molecular weight excluding hydrogens is 370 g/mol. The molecule has 0 bridgehead atoms. The Kier molecular flexibility index (Phi) is 4.53. The van der Waals surface area contributed by atoms with E-state index in [-0.39, 0.29) is 5.56 Å². The Labute approximate surface area is 168 Å². The van der Waals surface area contributed by atoms with Crippen molar-refractivity contribution in [3.05, 3.63) is 68.7 Å². The van der Waals surface area contributed by atoms with E-state index < -0.39 is 0 Å². The number of aromatic nitrogens is 2. The van der Waals surface area contributed by atoms with E-state index in [0.717, 1.165) is 55.2 Å². The van der Waals surface area contributed by atoms with Gasteiger partial charge in [-0.3, -0.25) is 9.69 Å². The Morgan fingerprint density at radius 2 is 2.04 bits per heavy atom. The van der Waals surface area contributed by atoms with Crippen LogP contribution in [-0.4, -0.2) is 28.5 Å².